The van der Waals surface area contributed by atoms with Gasteiger partial charge in [-0.05, 0) is 38.7 Å². The van der Waals surface area contributed by atoms with Gasteiger partial charge in [-0.2, -0.15) is 0 Å². The summed E-state index contributed by atoms with van der Waals surface area (Å²) in [5.41, 5.74) is 0.683. The van der Waals surface area contributed by atoms with Crippen molar-refractivity contribution in [1.29, 1.82) is 0 Å². The van der Waals surface area contributed by atoms with Crippen LogP contribution in [0.15, 0.2) is 12.3 Å². The van der Waals surface area contributed by atoms with E-state index in [4.69, 9.17) is 11.6 Å². The predicted molar refractivity (Wildman–Crippen MR) is 80.1 cm³/mol. The molecule has 0 radical (unpaired) electrons. The standard InChI is InChI=1S/C15H22ClN3O/c1-3-19(13-7-11-4-5-12(8-13)17-11)15(20)14-6-10(16)9-18(14)2/h6,9,11-13,17H,3-5,7-8H2,1-2H3. The summed E-state index contributed by atoms with van der Waals surface area (Å²) in [4.78, 5) is 14.8. The summed E-state index contributed by atoms with van der Waals surface area (Å²) in [6.07, 6.45) is 6.45. The lowest BCUT2D eigenvalue weighted by molar-refractivity contribution is 0.0621. The Bertz CT molecular complexity index is 501. The third-order valence-corrected chi connectivity index (χ3v) is 4.89. The van der Waals surface area contributed by atoms with Crippen LogP contribution in [0, 0.1) is 0 Å². The van der Waals surface area contributed by atoms with E-state index in [-0.39, 0.29) is 5.91 Å². The molecule has 2 bridgehead atoms. The molecule has 1 aromatic rings. The molecule has 2 aliphatic heterocycles. The highest BCUT2D eigenvalue weighted by atomic mass is 35.5. The van der Waals surface area contributed by atoms with E-state index in [0.717, 1.165) is 19.4 Å². The maximum Gasteiger partial charge on any atom is 0.270 e. The number of nitrogens with one attached hydrogen (secondary N) is 1. The normalized spacial score (nSPS) is 28.6. The quantitative estimate of drug-likeness (QED) is 0.930. The topological polar surface area (TPSA) is 37.3 Å². The molecule has 2 saturated heterocycles. The monoisotopic (exact) mass is 295 g/mol. The van der Waals surface area contributed by atoms with Crippen LogP contribution < -0.4 is 5.32 Å². The van der Waals surface area contributed by atoms with E-state index >= 15 is 0 Å². The molecule has 2 atom stereocenters. The van der Waals surface area contributed by atoms with E-state index in [2.05, 4.69) is 12.2 Å². The molecule has 0 spiro atoms. The van der Waals surface area contributed by atoms with Crippen LogP contribution in [0.25, 0.3) is 0 Å². The number of amides is 1. The molecule has 3 rings (SSSR count). The van der Waals surface area contributed by atoms with Gasteiger partial charge >= 0.3 is 0 Å². The van der Waals surface area contributed by atoms with Crippen molar-refractivity contribution in [2.24, 2.45) is 7.05 Å². The molecule has 1 amide bonds. The smallest absolute Gasteiger partial charge is 0.270 e. The second-order valence-corrected chi connectivity index (χ2v) is 6.45. The van der Waals surface area contributed by atoms with Crippen LogP contribution in [0.5, 0.6) is 0 Å². The van der Waals surface area contributed by atoms with Crippen LogP contribution in [-0.4, -0.2) is 40.0 Å². The average molecular weight is 296 g/mol. The van der Waals surface area contributed by atoms with Crippen molar-refractivity contribution in [3.8, 4) is 0 Å². The molecule has 1 N–H and O–H groups in total. The molecule has 2 unspecified atom stereocenters. The molecular weight excluding hydrogens is 274 g/mol. The van der Waals surface area contributed by atoms with Crippen molar-refractivity contribution in [2.75, 3.05) is 6.54 Å². The molecule has 20 heavy (non-hydrogen) atoms. The summed E-state index contributed by atoms with van der Waals surface area (Å²) < 4.78 is 1.82. The molecule has 4 nitrogen and oxygen atoms in total. The van der Waals surface area contributed by atoms with Gasteiger partial charge in [0.1, 0.15) is 5.69 Å². The van der Waals surface area contributed by atoms with Crippen LogP contribution in [0.2, 0.25) is 5.02 Å². The van der Waals surface area contributed by atoms with Gasteiger partial charge in [0.2, 0.25) is 0 Å². The third kappa shape index (κ3) is 2.47. The van der Waals surface area contributed by atoms with Gasteiger partial charge < -0.3 is 14.8 Å². The summed E-state index contributed by atoms with van der Waals surface area (Å²) >= 11 is 6.00. The number of hydrogen-bond acceptors (Lipinski definition) is 2. The lowest BCUT2D eigenvalue weighted by atomic mass is 9.98. The number of aryl methyl sites for hydroxylation is 1. The highest BCUT2D eigenvalue weighted by molar-refractivity contribution is 6.31. The van der Waals surface area contributed by atoms with Crippen molar-refractivity contribution >= 4 is 17.5 Å². The Morgan fingerprint density at radius 1 is 1.45 bits per heavy atom. The van der Waals surface area contributed by atoms with Crippen LogP contribution in [-0.2, 0) is 7.05 Å². The van der Waals surface area contributed by atoms with E-state index in [1.807, 2.05) is 16.5 Å². The van der Waals surface area contributed by atoms with Crippen LogP contribution in [0.1, 0.15) is 43.1 Å². The number of halogens is 1. The Morgan fingerprint density at radius 2 is 2.10 bits per heavy atom. The van der Waals surface area contributed by atoms with Crippen molar-refractivity contribution in [2.45, 2.75) is 50.7 Å². The first kappa shape index (κ1) is 14.0. The number of carbonyl (C=O) groups is 1. The van der Waals surface area contributed by atoms with Gasteiger partial charge in [-0.15, -0.1) is 0 Å². The molecule has 5 heteroatoms. The minimum atomic E-state index is 0.105. The van der Waals surface area contributed by atoms with E-state index in [0.29, 0.717) is 28.8 Å². The van der Waals surface area contributed by atoms with Gasteiger partial charge in [0.25, 0.3) is 5.91 Å². The number of nitrogens with zero attached hydrogens (tertiary/aromatic N) is 2. The maximum atomic E-state index is 12.8. The Balaban J connectivity index is 1.79. The van der Waals surface area contributed by atoms with Crippen molar-refractivity contribution in [1.82, 2.24) is 14.8 Å². The van der Waals surface area contributed by atoms with E-state index in [1.165, 1.54) is 12.8 Å². The zero-order chi connectivity index (χ0) is 14.3. The average Bonchev–Trinajstić information content (AvgIpc) is 2.92. The van der Waals surface area contributed by atoms with E-state index in [9.17, 15) is 4.79 Å². The van der Waals surface area contributed by atoms with Gasteiger partial charge in [0, 0.05) is 37.9 Å². The summed E-state index contributed by atoms with van der Waals surface area (Å²) in [5, 5.41) is 4.25. The number of piperidine rings is 1. The van der Waals surface area contributed by atoms with E-state index in [1.54, 1.807) is 12.3 Å². The third-order valence-electron chi connectivity index (χ3n) is 4.68. The number of aromatic nitrogens is 1. The zero-order valence-electron chi connectivity index (χ0n) is 12.1. The number of hydrogen-bond donors (Lipinski definition) is 1. The fraction of sp³-hybridized carbons (Fsp3) is 0.667. The fourth-order valence-corrected chi connectivity index (χ4v) is 3.98. The number of rotatable bonds is 3. The van der Waals surface area contributed by atoms with Crippen LogP contribution >= 0.6 is 11.6 Å². The molecule has 0 aliphatic carbocycles. The zero-order valence-corrected chi connectivity index (χ0v) is 12.9. The molecular formula is C15H22ClN3O. The Hall–Kier alpha value is -1.00. The van der Waals surface area contributed by atoms with Gasteiger partial charge in [-0.1, -0.05) is 11.6 Å². The first-order valence-corrected chi connectivity index (χ1v) is 7.85. The highest BCUT2D eigenvalue weighted by Gasteiger charge is 2.37. The summed E-state index contributed by atoms with van der Waals surface area (Å²) in [6.45, 7) is 2.82. The molecule has 0 aromatic carbocycles. The first-order chi connectivity index (χ1) is 9.58. The van der Waals surface area contributed by atoms with E-state index < -0.39 is 0 Å². The lowest BCUT2D eigenvalue weighted by Crippen LogP contribution is -2.50. The van der Waals surface area contributed by atoms with Crippen LogP contribution in [0.4, 0.5) is 0 Å². The molecule has 2 fully saturated rings. The van der Waals surface area contributed by atoms with Gasteiger partial charge in [0.05, 0.1) is 5.02 Å². The number of fused-ring (bicyclic) bond motifs is 2. The van der Waals surface area contributed by atoms with Crippen molar-refractivity contribution in [3.63, 3.8) is 0 Å². The van der Waals surface area contributed by atoms with Crippen molar-refractivity contribution < 1.29 is 4.79 Å². The molecule has 2 aliphatic rings. The Labute approximate surface area is 125 Å². The minimum Gasteiger partial charge on any atom is -0.345 e. The largest absolute Gasteiger partial charge is 0.345 e. The lowest BCUT2D eigenvalue weighted by Gasteiger charge is -2.37. The second kappa shape index (κ2) is 5.41. The Kier molecular flexibility index (Phi) is 3.78. The molecule has 1 aromatic heterocycles. The van der Waals surface area contributed by atoms with Crippen molar-refractivity contribution in [3.05, 3.63) is 23.0 Å². The summed E-state index contributed by atoms with van der Waals surface area (Å²) in [6, 6.07) is 3.32. The molecule has 110 valence electrons. The summed E-state index contributed by atoms with van der Waals surface area (Å²) in [5.74, 6) is 0.105. The van der Waals surface area contributed by atoms with Crippen LogP contribution in [0.3, 0.4) is 0 Å². The van der Waals surface area contributed by atoms with Gasteiger partial charge in [0.15, 0.2) is 0 Å². The first-order valence-electron chi connectivity index (χ1n) is 7.47. The summed E-state index contributed by atoms with van der Waals surface area (Å²) in [7, 11) is 1.87. The van der Waals surface area contributed by atoms with Gasteiger partial charge in [-0.25, -0.2) is 0 Å². The second-order valence-electron chi connectivity index (χ2n) is 6.01. The SMILES string of the molecule is CCN(C(=O)c1cc(Cl)cn1C)C1CC2CCC(C1)N2. The fourth-order valence-electron chi connectivity index (χ4n) is 3.73. The minimum absolute atomic E-state index is 0.105. The molecule has 0 saturated carbocycles. The highest BCUT2D eigenvalue weighted by Crippen LogP contribution is 2.30. The number of carbonyl (C=O) groups excluding carboxylic acids is 1. The Morgan fingerprint density at radius 3 is 2.60 bits per heavy atom. The predicted octanol–water partition coefficient (Wildman–Crippen LogP) is 2.42. The van der Waals surface area contributed by atoms with Gasteiger partial charge in [-0.3, -0.25) is 4.79 Å². The maximum absolute atomic E-state index is 12.8. The molecule has 3 heterocycles.